The molecule has 3 N–H and O–H groups in total. The molecule has 2 aromatic rings. The number of nitrogens with one attached hydrogen (secondary N) is 1. The first kappa shape index (κ1) is 13.5. The van der Waals surface area contributed by atoms with Crippen LogP contribution < -0.4 is 10.6 Å². The van der Waals surface area contributed by atoms with E-state index in [9.17, 15) is 0 Å². The Morgan fingerprint density at radius 1 is 1.42 bits per heavy atom. The third-order valence-corrected chi connectivity index (χ3v) is 3.75. The molecule has 2 aromatic heterocycles. The normalized spacial score (nSPS) is 10.7. The molecule has 2 rings (SSSR count). The molecule has 0 aliphatic heterocycles. The summed E-state index contributed by atoms with van der Waals surface area (Å²) in [6, 6.07) is 8.35. The molecule has 0 radical (unpaired) electrons. The van der Waals surface area contributed by atoms with Gasteiger partial charge in [0.1, 0.15) is 11.5 Å². The summed E-state index contributed by atoms with van der Waals surface area (Å²) in [7, 11) is 0. The van der Waals surface area contributed by atoms with Crippen molar-refractivity contribution in [2.75, 3.05) is 4.90 Å². The second-order valence-electron chi connectivity index (χ2n) is 4.62. The Balaban J connectivity index is 2.21. The molecule has 0 amide bonds. The molecule has 0 bridgehead atoms. The van der Waals surface area contributed by atoms with Gasteiger partial charge in [-0.05, 0) is 37.4 Å². The Hall–Kier alpha value is -1.88. The number of pyridine rings is 1. The molecule has 0 aliphatic rings. The number of nitrogens with two attached hydrogens (primary N) is 1. The van der Waals surface area contributed by atoms with Crippen molar-refractivity contribution < 1.29 is 0 Å². The summed E-state index contributed by atoms with van der Waals surface area (Å²) in [5.74, 6) is 0.000837. The van der Waals surface area contributed by atoms with Crippen LogP contribution in [0, 0.1) is 5.41 Å². The molecule has 100 valence electrons. The predicted molar refractivity (Wildman–Crippen MR) is 80.9 cm³/mol. The molecule has 0 aliphatic carbocycles. The summed E-state index contributed by atoms with van der Waals surface area (Å²) in [4.78, 5) is 7.83. The molecule has 0 fully saturated rings. The molecule has 5 heteroatoms. The Kier molecular flexibility index (Phi) is 4.16. The first-order chi connectivity index (χ1) is 9.08. The van der Waals surface area contributed by atoms with Gasteiger partial charge in [0.25, 0.3) is 0 Å². The summed E-state index contributed by atoms with van der Waals surface area (Å²) in [6.07, 6.45) is 1.78. The molecule has 0 aromatic carbocycles. The van der Waals surface area contributed by atoms with Gasteiger partial charge < -0.3 is 10.6 Å². The van der Waals surface area contributed by atoms with Crippen molar-refractivity contribution >= 4 is 22.9 Å². The van der Waals surface area contributed by atoms with Crippen molar-refractivity contribution in [1.82, 2.24) is 4.98 Å². The van der Waals surface area contributed by atoms with Gasteiger partial charge in [0.05, 0.1) is 18.4 Å². The van der Waals surface area contributed by atoms with E-state index < -0.39 is 0 Å². The van der Waals surface area contributed by atoms with Gasteiger partial charge in [-0.1, -0.05) is 6.07 Å². The summed E-state index contributed by atoms with van der Waals surface area (Å²) in [5, 5.41) is 9.45. The van der Waals surface area contributed by atoms with E-state index in [-0.39, 0.29) is 5.84 Å². The maximum atomic E-state index is 7.36. The highest BCUT2D eigenvalue weighted by Crippen LogP contribution is 2.21. The highest BCUT2D eigenvalue weighted by atomic mass is 32.1. The Morgan fingerprint density at radius 3 is 2.68 bits per heavy atom. The van der Waals surface area contributed by atoms with Crippen LogP contribution in [0.5, 0.6) is 0 Å². The second kappa shape index (κ2) is 5.84. The molecule has 19 heavy (non-hydrogen) atoms. The zero-order chi connectivity index (χ0) is 13.8. The molecule has 0 saturated heterocycles. The average molecular weight is 274 g/mol. The van der Waals surface area contributed by atoms with E-state index in [0.29, 0.717) is 11.7 Å². The van der Waals surface area contributed by atoms with E-state index in [0.717, 1.165) is 12.2 Å². The van der Waals surface area contributed by atoms with Crippen LogP contribution in [0.4, 0.5) is 5.69 Å². The topological polar surface area (TPSA) is 66.0 Å². The third-order valence-electron chi connectivity index (χ3n) is 2.89. The predicted octanol–water partition coefficient (Wildman–Crippen LogP) is 2.84. The van der Waals surface area contributed by atoms with E-state index in [1.54, 1.807) is 23.6 Å². The monoisotopic (exact) mass is 274 g/mol. The largest absolute Gasteiger partial charge is 0.382 e. The fraction of sp³-hybridized carbons (Fsp3) is 0.286. The number of rotatable bonds is 5. The first-order valence-electron chi connectivity index (χ1n) is 6.17. The van der Waals surface area contributed by atoms with Crippen LogP contribution in [0.1, 0.15) is 24.4 Å². The molecule has 0 atom stereocenters. The molecule has 0 spiro atoms. The van der Waals surface area contributed by atoms with Crippen LogP contribution in [0.15, 0.2) is 35.8 Å². The molecule has 0 unspecified atom stereocenters. The lowest BCUT2D eigenvalue weighted by atomic mass is 10.2. The maximum Gasteiger partial charge on any atom is 0.141 e. The van der Waals surface area contributed by atoms with Gasteiger partial charge in [0, 0.05) is 10.9 Å². The van der Waals surface area contributed by atoms with Crippen molar-refractivity contribution in [1.29, 1.82) is 5.41 Å². The van der Waals surface area contributed by atoms with Crippen LogP contribution in [-0.2, 0) is 6.54 Å². The highest BCUT2D eigenvalue weighted by Gasteiger charge is 2.12. The van der Waals surface area contributed by atoms with E-state index in [1.165, 1.54) is 4.88 Å². The summed E-state index contributed by atoms with van der Waals surface area (Å²) >= 11 is 1.76. The van der Waals surface area contributed by atoms with Crippen molar-refractivity contribution in [3.05, 3.63) is 46.4 Å². The lowest BCUT2D eigenvalue weighted by molar-refractivity contribution is 0.686. The standard InChI is InChI=1S/C14H18N4S/c1-10(2)18(9-12-4-3-7-19-12)11-5-6-13(14(15)16)17-8-11/h3-8,10H,9H2,1-2H3,(H3,15,16). The van der Waals surface area contributed by atoms with Crippen LogP contribution in [-0.4, -0.2) is 16.9 Å². The van der Waals surface area contributed by atoms with Crippen molar-refractivity contribution in [2.24, 2.45) is 5.73 Å². The number of hydrogen-bond acceptors (Lipinski definition) is 4. The van der Waals surface area contributed by atoms with Crippen LogP contribution in [0.3, 0.4) is 0 Å². The second-order valence-corrected chi connectivity index (χ2v) is 5.65. The van der Waals surface area contributed by atoms with Gasteiger partial charge in [-0.2, -0.15) is 0 Å². The fourth-order valence-electron chi connectivity index (χ4n) is 1.86. The molecule has 2 heterocycles. The average Bonchev–Trinajstić information content (AvgIpc) is 2.88. The number of hydrogen-bond donors (Lipinski definition) is 2. The number of nitrogens with zero attached hydrogens (tertiary/aromatic N) is 2. The lowest BCUT2D eigenvalue weighted by Crippen LogP contribution is -2.30. The number of aromatic nitrogens is 1. The number of thiophene rings is 1. The van der Waals surface area contributed by atoms with Crippen LogP contribution in [0.25, 0.3) is 0 Å². The number of anilines is 1. The van der Waals surface area contributed by atoms with Crippen LogP contribution >= 0.6 is 11.3 Å². The van der Waals surface area contributed by atoms with Gasteiger partial charge in [-0.25, -0.2) is 0 Å². The first-order valence-corrected chi connectivity index (χ1v) is 7.05. The van der Waals surface area contributed by atoms with Gasteiger partial charge in [-0.15, -0.1) is 11.3 Å². The zero-order valence-corrected chi connectivity index (χ0v) is 11.9. The van der Waals surface area contributed by atoms with E-state index in [1.807, 2.05) is 6.07 Å². The molecular weight excluding hydrogens is 256 g/mol. The number of nitrogen functional groups attached to an aromatic ring is 1. The Bertz CT molecular complexity index is 531. The van der Waals surface area contributed by atoms with Gasteiger partial charge in [0.2, 0.25) is 0 Å². The van der Waals surface area contributed by atoms with Gasteiger partial charge >= 0.3 is 0 Å². The minimum atomic E-state index is 0.000837. The lowest BCUT2D eigenvalue weighted by Gasteiger charge is -2.28. The Labute approximate surface area is 117 Å². The molecule has 0 saturated carbocycles. The van der Waals surface area contributed by atoms with Crippen molar-refractivity contribution in [2.45, 2.75) is 26.4 Å². The van der Waals surface area contributed by atoms with Gasteiger partial charge in [0.15, 0.2) is 0 Å². The molecule has 4 nitrogen and oxygen atoms in total. The van der Waals surface area contributed by atoms with Crippen LogP contribution in [0.2, 0.25) is 0 Å². The fourth-order valence-corrected chi connectivity index (χ4v) is 2.56. The van der Waals surface area contributed by atoms with Crippen molar-refractivity contribution in [3.63, 3.8) is 0 Å². The van der Waals surface area contributed by atoms with E-state index >= 15 is 0 Å². The van der Waals surface area contributed by atoms with Crippen molar-refractivity contribution in [3.8, 4) is 0 Å². The quantitative estimate of drug-likeness (QED) is 0.651. The summed E-state index contributed by atoms with van der Waals surface area (Å²) in [6.45, 7) is 5.19. The number of amidine groups is 1. The SMILES string of the molecule is CC(C)N(Cc1cccs1)c1ccc(C(=N)N)nc1. The summed E-state index contributed by atoms with van der Waals surface area (Å²) < 4.78 is 0. The summed E-state index contributed by atoms with van der Waals surface area (Å²) in [5.41, 5.74) is 6.98. The smallest absolute Gasteiger partial charge is 0.141 e. The van der Waals surface area contributed by atoms with Gasteiger partial charge in [-0.3, -0.25) is 10.4 Å². The maximum absolute atomic E-state index is 7.36. The zero-order valence-electron chi connectivity index (χ0n) is 11.1. The highest BCUT2D eigenvalue weighted by molar-refractivity contribution is 7.09. The van der Waals surface area contributed by atoms with E-state index in [4.69, 9.17) is 11.1 Å². The Morgan fingerprint density at radius 2 is 2.21 bits per heavy atom. The molecular formula is C14H18N4S. The minimum absolute atomic E-state index is 0.000837. The minimum Gasteiger partial charge on any atom is -0.382 e. The third kappa shape index (κ3) is 3.32. The van der Waals surface area contributed by atoms with E-state index in [2.05, 4.69) is 41.2 Å².